The van der Waals surface area contributed by atoms with Gasteiger partial charge in [0.2, 0.25) is 5.76 Å². The number of carbonyl (C=O) groups is 1. The molecule has 1 heterocycles. The van der Waals surface area contributed by atoms with E-state index in [-0.39, 0.29) is 17.8 Å². The molecule has 4 nitrogen and oxygen atoms in total. The van der Waals surface area contributed by atoms with Crippen molar-refractivity contribution in [3.8, 4) is 5.75 Å². The Bertz CT molecular complexity index is 790. The molecule has 0 aliphatic rings. The predicted molar refractivity (Wildman–Crippen MR) is 86.4 cm³/mol. The molecule has 0 unspecified atom stereocenters. The number of carbonyl (C=O) groups excluding carboxylic acids is 1. The van der Waals surface area contributed by atoms with Crippen LogP contribution in [0.5, 0.6) is 5.75 Å². The maximum Gasteiger partial charge on any atom is 0.295 e. The Morgan fingerprint density at radius 3 is 2.45 bits per heavy atom. The van der Waals surface area contributed by atoms with Crippen LogP contribution in [-0.4, -0.2) is 12.0 Å². The van der Waals surface area contributed by atoms with Crippen molar-refractivity contribution < 1.29 is 13.9 Å². The van der Waals surface area contributed by atoms with Crippen molar-refractivity contribution in [1.29, 1.82) is 0 Å². The number of amides is 1. The summed E-state index contributed by atoms with van der Waals surface area (Å²) in [7, 11) is 0. The van der Waals surface area contributed by atoms with Crippen molar-refractivity contribution >= 4 is 22.6 Å². The van der Waals surface area contributed by atoms with E-state index in [1.54, 1.807) is 0 Å². The molecule has 22 heavy (non-hydrogen) atoms. The number of fused-ring (bicyclic) bond motifs is 1. The highest BCUT2D eigenvalue weighted by molar-refractivity contribution is 6.08. The van der Waals surface area contributed by atoms with Gasteiger partial charge in [-0.15, -0.1) is 0 Å². The summed E-state index contributed by atoms with van der Waals surface area (Å²) < 4.78 is 11.5. The highest BCUT2D eigenvalue weighted by Gasteiger charge is 2.22. The van der Waals surface area contributed by atoms with Crippen molar-refractivity contribution in [3.63, 3.8) is 0 Å². The third-order valence-electron chi connectivity index (χ3n) is 3.14. The lowest BCUT2D eigenvalue weighted by Crippen LogP contribution is -2.14. The lowest BCUT2D eigenvalue weighted by atomic mass is 10.2. The highest BCUT2D eigenvalue weighted by Crippen LogP contribution is 2.34. The number of rotatable bonds is 4. The molecule has 0 saturated heterocycles. The maximum absolute atomic E-state index is 12.5. The molecule has 0 atom stereocenters. The molecule has 2 aromatic carbocycles. The molecule has 1 N–H and O–H groups in total. The number of ether oxygens (including phenoxy) is 1. The monoisotopic (exact) mass is 295 g/mol. The van der Waals surface area contributed by atoms with Crippen LogP contribution in [0, 0.1) is 0 Å². The molecule has 0 spiro atoms. The molecule has 0 aliphatic heterocycles. The highest BCUT2D eigenvalue weighted by atomic mass is 16.5. The lowest BCUT2D eigenvalue weighted by Gasteiger charge is -2.10. The zero-order chi connectivity index (χ0) is 15.5. The summed E-state index contributed by atoms with van der Waals surface area (Å²) >= 11 is 0. The number of nitrogens with one attached hydrogen (secondary N) is 1. The predicted octanol–water partition coefficient (Wildman–Crippen LogP) is 4.47. The van der Waals surface area contributed by atoms with E-state index >= 15 is 0 Å². The second-order valence-electron chi connectivity index (χ2n) is 5.24. The van der Waals surface area contributed by atoms with Crippen LogP contribution in [0.1, 0.15) is 24.4 Å². The van der Waals surface area contributed by atoms with Crippen molar-refractivity contribution in [1.82, 2.24) is 0 Å². The van der Waals surface area contributed by atoms with Crippen LogP contribution >= 0.6 is 0 Å². The topological polar surface area (TPSA) is 51.5 Å². The van der Waals surface area contributed by atoms with Crippen LogP contribution in [-0.2, 0) is 0 Å². The molecule has 3 aromatic rings. The van der Waals surface area contributed by atoms with Gasteiger partial charge in [-0.05, 0) is 38.1 Å². The van der Waals surface area contributed by atoms with Gasteiger partial charge in [-0.25, -0.2) is 0 Å². The Labute approximate surface area is 128 Å². The summed E-state index contributed by atoms with van der Waals surface area (Å²) in [6.45, 7) is 3.83. The van der Waals surface area contributed by atoms with Crippen LogP contribution < -0.4 is 10.1 Å². The lowest BCUT2D eigenvalue weighted by molar-refractivity contribution is 0.0991. The summed E-state index contributed by atoms with van der Waals surface area (Å²) in [6.07, 6.45) is -0.0516. The minimum Gasteiger partial charge on any atom is -0.486 e. The first-order valence-corrected chi connectivity index (χ1v) is 7.19. The van der Waals surface area contributed by atoms with Gasteiger partial charge in [0, 0.05) is 5.69 Å². The summed E-state index contributed by atoms with van der Waals surface area (Å²) in [5.41, 5.74) is 1.35. The second kappa shape index (κ2) is 5.93. The van der Waals surface area contributed by atoms with Gasteiger partial charge in [0.15, 0.2) is 5.75 Å². The van der Waals surface area contributed by atoms with Crippen molar-refractivity contribution in [2.45, 2.75) is 20.0 Å². The maximum atomic E-state index is 12.5. The van der Waals surface area contributed by atoms with E-state index in [0.29, 0.717) is 17.0 Å². The summed E-state index contributed by atoms with van der Waals surface area (Å²) in [5.74, 6) is 0.357. The van der Waals surface area contributed by atoms with E-state index in [4.69, 9.17) is 9.15 Å². The molecule has 0 radical (unpaired) electrons. The Hall–Kier alpha value is -2.75. The summed E-state index contributed by atoms with van der Waals surface area (Å²) in [6, 6.07) is 16.7. The average molecular weight is 295 g/mol. The van der Waals surface area contributed by atoms with Gasteiger partial charge >= 0.3 is 0 Å². The van der Waals surface area contributed by atoms with Crippen LogP contribution in [0.4, 0.5) is 5.69 Å². The van der Waals surface area contributed by atoms with Crippen LogP contribution in [0.3, 0.4) is 0 Å². The minimum atomic E-state index is -0.321. The first kappa shape index (κ1) is 14.2. The average Bonchev–Trinajstić information content (AvgIpc) is 2.87. The number of furan rings is 1. The largest absolute Gasteiger partial charge is 0.486 e. The molecule has 0 bridgehead atoms. The SMILES string of the molecule is CC(C)Oc1c(C(=O)Nc2ccccc2)oc2ccccc12. The Morgan fingerprint density at radius 2 is 1.73 bits per heavy atom. The van der Waals surface area contributed by atoms with Crippen molar-refractivity contribution in [3.05, 3.63) is 60.4 Å². The smallest absolute Gasteiger partial charge is 0.295 e. The van der Waals surface area contributed by atoms with Crippen molar-refractivity contribution in [2.75, 3.05) is 5.32 Å². The zero-order valence-electron chi connectivity index (χ0n) is 12.5. The van der Waals surface area contributed by atoms with E-state index in [9.17, 15) is 4.79 Å². The fourth-order valence-corrected chi connectivity index (χ4v) is 2.23. The van der Waals surface area contributed by atoms with Gasteiger partial charge in [-0.2, -0.15) is 0 Å². The van der Waals surface area contributed by atoms with E-state index in [2.05, 4.69) is 5.32 Å². The molecular weight excluding hydrogens is 278 g/mol. The van der Waals surface area contributed by atoms with E-state index < -0.39 is 0 Å². The molecule has 3 rings (SSSR count). The Kier molecular flexibility index (Phi) is 3.83. The van der Waals surface area contributed by atoms with Crippen LogP contribution in [0.25, 0.3) is 11.0 Å². The third-order valence-corrected chi connectivity index (χ3v) is 3.14. The van der Waals surface area contributed by atoms with Crippen molar-refractivity contribution in [2.24, 2.45) is 0 Å². The van der Waals surface area contributed by atoms with Gasteiger partial charge in [0.1, 0.15) is 5.58 Å². The van der Waals surface area contributed by atoms with Gasteiger partial charge in [0.25, 0.3) is 5.91 Å². The molecule has 4 heteroatoms. The van der Waals surface area contributed by atoms with E-state index in [1.165, 1.54) is 0 Å². The molecule has 1 amide bonds. The summed E-state index contributed by atoms with van der Waals surface area (Å²) in [4.78, 5) is 12.5. The van der Waals surface area contributed by atoms with Crippen LogP contribution in [0.15, 0.2) is 59.0 Å². The standard InChI is InChI=1S/C18H17NO3/c1-12(2)21-16-14-10-6-7-11-15(14)22-17(16)18(20)19-13-8-4-3-5-9-13/h3-12H,1-2H3,(H,19,20). The van der Waals surface area contributed by atoms with Gasteiger partial charge in [0.05, 0.1) is 11.5 Å². The molecular formula is C18H17NO3. The fourth-order valence-electron chi connectivity index (χ4n) is 2.23. The number of anilines is 1. The van der Waals surface area contributed by atoms with Gasteiger partial charge in [-0.1, -0.05) is 30.3 Å². The first-order chi connectivity index (χ1) is 10.6. The molecule has 0 saturated carbocycles. The fraction of sp³-hybridized carbons (Fsp3) is 0.167. The first-order valence-electron chi connectivity index (χ1n) is 7.19. The van der Waals surface area contributed by atoms with E-state index in [1.807, 2.05) is 68.4 Å². The molecule has 0 fully saturated rings. The number of hydrogen-bond donors (Lipinski definition) is 1. The minimum absolute atomic E-state index is 0.0516. The Morgan fingerprint density at radius 1 is 1.05 bits per heavy atom. The molecule has 112 valence electrons. The quantitative estimate of drug-likeness (QED) is 0.772. The number of hydrogen-bond acceptors (Lipinski definition) is 3. The second-order valence-corrected chi connectivity index (χ2v) is 5.24. The molecule has 1 aromatic heterocycles. The van der Waals surface area contributed by atoms with E-state index in [0.717, 1.165) is 5.39 Å². The normalized spacial score (nSPS) is 10.9. The number of para-hydroxylation sites is 2. The summed E-state index contributed by atoms with van der Waals surface area (Å²) in [5, 5.41) is 3.62. The number of benzene rings is 2. The van der Waals surface area contributed by atoms with Gasteiger partial charge < -0.3 is 14.5 Å². The zero-order valence-corrected chi connectivity index (χ0v) is 12.5. The molecule has 0 aliphatic carbocycles. The van der Waals surface area contributed by atoms with Gasteiger partial charge in [-0.3, -0.25) is 4.79 Å². The Balaban J connectivity index is 2.00. The third kappa shape index (κ3) is 2.81. The van der Waals surface area contributed by atoms with Crippen LogP contribution in [0.2, 0.25) is 0 Å².